The maximum atomic E-state index is 12.3. The average Bonchev–Trinajstić information content (AvgIpc) is 3.06. The lowest BCUT2D eigenvalue weighted by Gasteiger charge is -2.29. The van der Waals surface area contributed by atoms with Crippen molar-refractivity contribution in [3.05, 3.63) is 60.8 Å². The molecule has 7 nitrogen and oxygen atoms in total. The monoisotopic (exact) mass is 664 g/mol. The zero-order chi connectivity index (χ0) is 35.3. The molecule has 266 valence electrons. The number of hydrogen-bond acceptors (Lipinski definition) is 6. The van der Waals surface area contributed by atoms with Crippen LogP contribution in [-0.4, -0.2) is 60.7 Å². The highest BCUT2D eigenvalue weighted by Crippen LogP contribution is 2.22. The van der Waals surface area contributed by atoms with Crippen molar-refractivity contribution in [2.24, 2.45) is 5.41 Å². The number of amides is 2. The van der Waals surface area contributed by atoms with Crippen molar-refractivity contribution < 1.29 is 24.2 Å². The van der Waals surface area contributed by atoms with E-state index in [0.717, 1.165) is 44.3 Å². The Hall–Kier alpha value is -2.58. The molecule has 8 heteroatoms. The molecule has 0 aromatic carbocycles. The van der Waals surface area contributed by atoms with Crippen LogP contribution in [0.3, 0.4) is 0 Å². The first kappa shape index (κ1) is 47.8. The van der Waals surface area contributed by atoms with Crippen molar-refractivity contribution in [3.63, 3.8) is 0 Å². The third-order valence-corrected chi connectivity index (χ3v) is 6.90. The van der Waals surface area contributed by atoms with Gasteiger partial charge in [-0.05, 0) is 51.2 Å². The molecule has 3 N–H and O–H groups in total. The lowest BCUT2D eigenvalue weighted by atomic mass is 9.87. The minimum absolute atomic E-state index is 0.0722. The minimum atomic E-state index is -1.36. The zero-order valence-corrected chi connectivity index (χ0v) is 31.3. The Morgan fingerprint density at radius 2 is 1.26 bits per heavy atom. The van der Waals surface area contributed by atoms with E-state index < -0.39 is 17.4 Å². The van der Waals surface area contributed by atoms with E-state index in [1.54, 1.807) is 25.6 Å². The number of aliphatic hydroxyl groups excluding tert-OH is 1. The second-order valence-electron chi connectivity index (χ2n) is 11.0. The number of carbonyl (C=O) groups is 3. The lowest BCUT2D eigenvalue weighted by molar-refractivity contribution is -0.153. The minimum Gasteiger partial charge on any atom is -0.465 e. The van der Waals surface area contributed by atoms with Crippen LogP contribution in [0.25, 0.3) is 0 Å². The van der Waals surface area contributed by atoms with Gasteiger partial charge in [0.2, 0.25) is 11.8 Å². The summed E-state index contributed by atoms with van der Waals surface area (Å²) in [6.45, 7) is 14.5. The van der Waals surface area contributed by atoms with Crippen molar-refractivity contribution >= 4 is 29.5 Å². The summed E-state index contributed by atoms with van der Waals surface area (Å²) in [7, 11) is 0. The summed E-state index contributed by atoms with van der Waals surface area (Å²) in [4.78, 5) is 36.1. The van der Waals surface area contributed by atoms with Gasteiger partial charge in [0, 0.05) is 37.1 Å². The Labute approximate surface area is 286 Å². The molecule has 0 spiro atoms. The van der Waals surface area contributed by atoms with Crippen molar-refractivity contribution in [1.82, 2.24) is 10.6 Å². The molecule has 0 radical (unpaired) electrons. The Kier molecular flexibility index (Phi) is 38.3. The van der Waals surface area contributed by atoms with Gasteiger partial charge < -0.3 is 20.5 Å². The van der Waals surface area contributed by atoms with Crippen molar-refractivity contribution in [2.45, 2.75) is 125 Å². The molecule has 0 fully saturated rings. The normalized spacial score (nSPS) is 12.3. The zero-order valence-electron chi connectivity index (χ0n) is 30.4. The number of aliphatic hydroxyl groups is 1. The van der Waals surface area contributed by atoms with Gasteiger partial charge in [-0.25, -0.2) is 0 Å². The van der Waals surface area contributed by atoms with Crippen LogP contribution in [-0.2, 0) is 19.1 Å². The summed E-state index contributed by atoms with van der Waals surface area (Å²) in [6.07, 6.45) is 31.4. The molecule has 1 atom stereocenters. The van der Waals surface area contributed by atoms with Gasteiger partial charge in [0.25, 0.3) is 0 Å². The maximum Gasteiger partial charge on any atom is 0.305 e. The Balaban J connectivity index is -0.00000284. The third kappa shape index (κ3) is 34.3. The molecule has 0 unspecified atom stereocenters. The second-order valence-corrected chi connectivity index (χ2v) is 12.0. The fourth-order valence-electron chi connectivity index (χ4n) is 3.28. The quantitative estimate of drug-likeness (QED) is 0.0542. The highest BCUT2D eigenvalue weighted by atomic mass is 32.2. The van der Waals surface area contributed by atoms with E-state index in [-0.39, 0.29) is 37.9 Å². The van der Waals surface area contributed by atoms with Gasteiger partial charge in [-0.3, -0.25) is 14.4 Å². The summed E-state index contributed by atoms with van der Waals surface area (Å²) in [5.41, 5.74) is -0.954. The van der Waals surface area contributed by atoms with Crippen molar-refractivity contribution in [1.29, 1.82) is 0 Å². The first-order valence-electron chi connectivity index (χ1n) is 17.3. The molecule has 0 heterocycles. The van der Waals surface area contributed by atoms with Crippen LogP contribution in [0, 0.1) is 5.41 Å². The molecular weight excluding hydrogens is 596 g/mol. The summed E-state index contributed by atoms with van der Waals surface area (Å²) in [5, 5.41) is 15.7. The van der Waals surface area contributed by atoms with Crippen LogP contribution in [0.2, 0.25) is 0 Å². The molecule has 46 heavy (non-hydrogen) atoms. The number of ether oxygens (including phenoxy) is 1. The molecule has 0 bridgehead atoms. The Morgan fingerprint density at radius 1 is 0.761 bits per heavy atom. The number of hydrogen-bond donors (Lipinski definition) is 3. The fraction of sp³-hybridized carbons (Fsp3) is 0.658. The van der Waals surface area contributed by atoms with Crippen LogP contribution in [0.15, 0.2) is 60.8 Å². The Morgan fingerprint density at radius 3 is 1.74 bits per heavy atom. The summed E-state index contributed by atoms with van der Waals surface area (Å²) < 4.78 is 5.31. The number of rotatable bonds is 24. The Bertz CT molecular complexity index is 876. The van der Waals surface area contributed by atoms with E-state index in [2.05, 4.69) is 92.2 Å². The largest absolute Gasteiger partial charge is 0.465 e. The van der Waals surface area contributed by atoms with Gasteiger partial charge in [0.1, 0.15) is 6.10 Å². The van der Waals surface area contributed by atoms with Crippen LogP contribution < -0.4 is 10.6 Å². The highest BCUT2D eigenvalue weighted by Gasteiger charge is 2.34. The van der Waals surface area contributed by atoms with E-state index in [4.69, 9.17) is 4.74 Å². The number of unbranched alkanes of at least 4 members (excludes halogenated alkanes) is 2. The van der Waals surface area contributed by atoms with Crippen molar-refractivity contribution in [2.75, 3.05) is 31.7 Å². The summed E-state index contributed by atoms with van der Waals surface area (Å²) in [5.74, 6) is -0.263. The molecule has 0 saturated heterocycles. The van der Waals surface area contributed by atoms with Crippen molar-refractivity contribution in [3.8, 4) is 0 Å². The number of thioether (sulfide) groups is 1. The van der Waals surface area contributed by atoms with E-state index in [1.807, 2.05) is 20.1 Å². The summed E-state index contributed by atoms with van der Waals surface area (Å²) >= 11 is 1.64. The number of carbonyl (C=O) groups excluding carboxylic acids is 3. The molecular formula is C38H68N2O5S. The topological polar surface area (TPSA) is 105 Å². The van der Waals surface area contributed by atoms with E-state index in [9.17, 15) is 19.5 Å². The summed E-state index contributed by atoms with van der Waals surface area (Å²) in [6, 6.07) is 0. The van der Waals surface area contributed by atoms with Gasteiger partial charge in [0.05, 0.1) is 6.61 Å². The molecule has 0 rings (SSSR count). The molecule has 0 aliphatic rings. The maximum absolute atomic E-state index is 12.3. The average molecular weight is 665 g/mol. The lowest BCUT2D eigenvalue weighted by Crippen LogP contribution is -2.47. The molecule has 0 aliphatic carbocycles. The highest BCUT2D eigenvalue weighted by molar-refractivity contribution is 7.98. The molecule has 0 aromatic rings. The van der Waals surface area contributed by atoms with E-state index >= 15 is 0 Å². The molecule has 0 aliphatic heterocycles. The number of allylic oxidation sites excluding steroid dienone is 10. The molecule has 2 amide bonds. The van der Waals surface area contributed by atoms with Crippen LogP contribution in [0.1, 0.15) is 119 Å². The SMILES string of the molecule is CC.CC/C=C\C/C=C\C/C=C\C/C=C\C/C=C\CCCC(=O)OCC(C)(C)[C@@H](O)C(=O)NCCC(=O)NCCSC.CCCC. The van der Waals surface area contributed by atoms with Crippen LogP contribution in [0.4, 0.5) is 0 Å². The molecule has 0 saturated carbocycles. The molecule has 0 aromatic heterocycles. The fourth-order valence-corrected chi connectivity index (χ4v) is 3.59. The van der Waals surface area contributed by atoms with Crippen LogP contribution >= 0.6 is 11.8 Å². The number of esters is 1. The van der Waals surface area contributed by atoms with Gasteiger partial charge in [0.15, 0.2) is 0 Å². The third-order valence-electron chi connectivity index (χ3n) is 6.28. The second kappa shape index (κ2) is 36.9. The predicted molar refractivity (Wildman–Crippen MR) is 200 cm³/mol. The van der Waals surface area contributed by atoms with Gasteiger partial charge in [-0.1, -0.05) is 122 Å². The first-order chi connectivity index (χ1) is 22.2. The van der Waals surface area contributed by atoms with E-state index in [0.29, 0.717) is 13.0 Å². The van der Waals surface area contributed by atoms with Crippen LogP contribution in [0.5, 0.6) is 0 Å². The van der Waals surface area contributed by atoms with E-state index in [1.165, 1.54) is 12.8 Å². The predicted octanol–water partition coefficient (Wildman–Crippen LogP) is 8.66. The van der Waals surface area contributed by atoms with Gasteiger partial charge >= 0.3 is 5.97 Å². The number of nitrogens with one attached hydrogen (secondary N) is 2. The van der Waals surface area contributed by atoms with Gasteiger partial charge in [-0.15, -0.1) is 0 Å². The smallest absolute Gasteiger partial charge is 0.305 e. The van der Waals surface area contributed by atoms with Gasteiger partial charge in [-0.2, -0.15) is 11.8 Å². The standard InChI is InChI=1S/C32H52N2O5S.C4H10.C2H6/c1-5-6-7-8-9-10-11-12-13-14-15-16-17-18-19-20-21-22-29(36)39-27-32(2,3)30(37)31(38)34-24-23-28(35)33-25-26-40-4;1-3-4-2;1-2/h6-7,9-10,12-13,15-16,18-19,30,37H,5,8,11,14,17,20-27H2,1-4H3,(H,33,35)(H,34,38);3-4H2,1-2H3;1-2H3/b7-6-,10-9-,13-12-,16-15-,19-18-;;/t30-;;/m0../s1. The first-order valence-corrected chi connectivity index (χ1v) is 18.7.